The highest BCUT2D eigenvalue weighted by Gasteiger charge is 2.43. The number of carboxylic acids is 2. The third-order valence-corrected chi connectivity index (χ3v) is 16.3. The molecule has 0 spiro atoms. The summed E-state index contributed by atoms with van der Waals surface area (Å²) in [4.78, 5) is 203. The summed E-state index contributed by atoms with van der Waals surface area (Å²) in [6, 6.07) is -8.35. The van der Waals surface area contributed by atoms with Crippen LogP contribution < -0.4 is 70.8 Å². The maximum absolute atomic E-state index is 14.3. The number of hydrogen-bond donors (Lipinski definition) is 21. The van der Waals surface area contributed by atoms with E-state index >= 15 is 0 Å². The number of carbonyl (C=O) groups excluding carboxylic acids is 12. The largest absolute Gasteiger partial charge is 0.508 e. The number of carboxylic acid groups (broad SMARTS) is 2. The number of amides is 12. The third-order valence-electron chi connectivity index (χ3n) is 16.3. The number of rotatable bonds is 38. The number of nitrogens with one attached hydrogen (secondary N) is 10. The number of aromatic amines is 1. The van der Waals surface area contributed by atoms with Crippen LogP contribution in [0.25, 0.3) is 0 Å². The molecule has 5 rings (SSSR count). The predicted molar refractivity (Wildman–Crippen MR) is 350 cm³/mol. The highest BCUT2D eigenvalue weighted by atomic mass is 16.4. The number of nitrogens with zero attached hydrogens (tertiary/aromatic N) is 4. The standard InChI is InChI=1S/C62H88N18O21/c1-29(70-52(91)42(25-47(87)88)74-53(92)39(22-33-12-16-36(85)17-13-33)75-56(95)44-8-5-19-79(44)59(98)37(63)21-32-10-14-35(84)15-11-32)50(89)72-41(24-46(64)86)54(93)73-40(23-34-26-67-28-69-34)55(94)77-48(30(2)82)58(97)71-38(7-4-18-68-62(65)66)51(90)76-43(27-81)60(99)80-20-6-9-45(80)57(96)78-49(31(3)83)61(100)101/h10-17,26,28-31,37-45,48-49,81-85H,4-9,18-25,27,63H2,1-3H3,(H2,64,86)(H,67,69)(H,70,91)(H,71,97)(H,72,89)(H,73,93)(H,74,92)(H,75,95)(H,76,90)(H,77,94)(H,78,96)(H,87,88)(H,100,101)(H4,65,66,68)/t29-,30+,31+,37-,38-,39-,40-,41-,42-,43-,44-,45-,48-,49-/m0/s1. The number of guanidine groups is 1. The van der Waals surface area contributed by atoms with Gasteiger partial charge in [0.15, 0.2) is 12.0 Å². The second-order valence-electron chi connectivity index (χ2n) is 24.3. The van der Waals surface area contributed by atoms with Gasteiger partial charge in [-0.2, -0.15) is 0 Å². The minimum atomic E-state index is -1.98. The zero-order valence-corrected chi connectivity index (χ0v) is 55.4. The molecular formula is C62H88N18O21. The first-order chi connectivity index (χ1) is 47.7. The first kappa shape index (κ1) is 80.6. The Kier molecular flexibility index (Phi) is 30.6. The van der Waals surface area contributed by atoms with E-state index in [1.165, 1.54) is 53.8 Å². The van der Waals surface area contributed by atoms with Crippen molar-refractivity contribution in [1.82, 2.24) is 67.6 Å². The van der Waals surface area contributed by atoms with E-state index in [0.717, 1.165) is 25.7 Å². The quantitative estimate of drug-likeness (QED) is 0.0144. The average Bonchev–Trinajstić information content (AvgIpc) is 1.76. The molecular weight excluding hydrogens is 1330 g/mol. The molecule has 1 aromatic heterocycles. The number of phenolic OH excluding ortho intramolecular Hbond substituents is 2. The third kappa shape index (κ3) is 24.7. The van der Waals surface area contributed by atoms with Crippen molar-refractivity contribution < 1.29 is 103 Å². The number of aromatic nitrogens is 2. The number of hydrogen-bond acceptors (Lipinski definition) is 22. The van der Waals surface area contributed by atoms with E-state index < -0.39 is 193 Å². The van der Waals surface area contributed by atoms with Crippen LogP contribution in [0.2, 0.25) is 0 Å². The Hall–Kier alpha value is -11.1. The van der Waals surface area contributed by atoms with Crippen molar-refractivity contribution in [3.8, 4) is 11.5 Å². The van der Waals surface area contributed by atoms with Crippen molar-refractivity contribution in [3.63, 3.8) is 0 Å². The van der Waals surface area contributed by atoms with Crippen molar-refractivity contribution in [2.75, 3.05) is 26.2 Å². The maximum Gasteiger partial charge on any atom is 0.328 e. The van der Waals surface area contributed by atoms with Crippen LogP contribution in [0, 0.1) is 0 Å². The van der Waals surface area contributed by atoms with Gasteiger partial charge in [-0.25, -0.2) is 9.78 Å². The number of benzene rings is 2. The maximum atomic E-state index is 14.3. The van der Waals surface area contributed by atoms with Gasteiger partial charge < -0.3 is 121 Å². The summed E-state index contributed by atoms with van der Waals surface area (Å²) in [6.07, 6.45) is -3.28. The molecule has 12 amide bonds. The smallest absolute Gasteiger partial charge is 0.328 e. The molecule has 14 atom stereocenters. The summed E-state index contributed by atoms with van der Waals surface area (Å²) in [5.74, 6) is -16.7. The van der Waals surface area contributed by atoms with Gasteiger partial charge in [-0.15, -0.1) is 0 Å². The van der Waals surface area contributed by atoms with Gasteiger partial charge in [-0.1, -0.05) is 24.3 Å². The highest BCUT2D eigenvalue weighted by Crippen LogP contribution is 2.23. The summed E-state index contributed by atoms with van der Waals surface area (Å²) in [5.41, 5.74) is 23.9. The van der Waals surface area contributed by atoms with Crippen molar-refractivity contribution in [2.24, 2.45) is 27.9 Å². The first-order valence-corrected chi connectivity index (χ1v) is 32.1. The molecule has 101 heavy (non-hydrogen) atoms. The molecule has 2 saturated heterocycles. The number of aliphatic hydroxyl groups is 3. The predicted octanol–water partition coefficient (Wildman–Crippen LogP) is -8.22. The molecule has 552 valence electrons. The van der Waals surface area contributed by atoms with Gasteiger partial charge >= 0.3 is 11.9 Å². The van der Waals surface area contributed by atoms with Crippen molar-refractivity contribution in [2.45, 2.75) is 176 Å². The molecule has 0 unspecified atom stereocenters. The summed E-state index contributed by atoms with van der Waals surface area (Å²) < 4.78 is 0. The molecule has 0 aliphatic carbocycles. The van der Waals surface area contributed by atoms with Crippen molar-refractivity contribution in [1.29, 1.82) is 0 Å². The Morgan fingerprint density at radius 1 is 0.564 bits per heavy atom. The van der Waals surface area contributed by atoms with E-state index in [1.807, 2.05) is 0 Å². The molecule has 25 N–H and O–H groups in total. The van der Waals surface area contributed by atoms with Crippen LogP contribution in [-0.4, -0.2) is 255 Å². The Bertz CT molecular complexity index is 3460. The van der Waals surface area contributed by atoms with Crippen LogP contribution in [0.1, 0.15) is 89.0 Å². The number of carbonyl (C=O) groups is 14. The minimum Gasteiger partial charge on any atom is -0.508 e. The fourth-order valence-electron chi connectivity index (χ4n) is 11.0. The number of nitrogens with two attached hydrogens (primary N) is 4. The molecule has 0 radical (unpaired) electrons. The van der Waals surface area contributed by atoms with E-state index in [0.29, 0.717) is 17.5 Å². The number of phenols is 2. The summed E-state index contributed by atoms with van der Waals surface area (Å²) in [6.45, 7) is 2.12. The van der Waals surface area contributed by atoms with E-state index in [9.17, 15) is 103 Å². The molecule has 3 aromatic rings. The van der Waals surface area contributed by atoms with Crippen LogP contribution in [0.5, 0.6) is 11.5 Å². The molecule has 39 heteroatoms. The number of H-pyrrole nitrogens is 1. The Labute approximate surface area is 577 Å². The lowest BCUT2D eigenvalue weighted by atomic mass is 10.0. The van der Waals surface area contributed by atoms with Gasteiger partial charge in [-0.05, 0) is 101 Å². The van der Waals surface area contributed by atoms with Crippen molar-refractivity contribution >= 4 is 88.8 Å². The molecule has 2 aromatic carbocycles. The summed E-state index contributed by atoms with van der Waals surface area (Å²) >= 11 is 0. The van der Waals surface area contributed by atoms with Gasteiger partial charge in [0, 0.05) is 44.4 Å². The number of imidazole rings is 1. The number of aliphatic hydroxyl groups excluding tert-OH is 3. The monoisotopic (exact) mass is 1420 g/mol. The number of aliphatic imine (C=N–C) groups is 1. The Morgan fingerprint density at radius 2 is 1.04 bits per heavy atom. The highest BCUT2D eigenvalue weighted by molar-refractivity contribution is 6.01. The normalized spacial score (nSPS) is 17.7. The van der Waals surface area contributed by atoms with E-state index in [1.54, 1.807) is 12.1 Å². The van der Waals surface area contributed by atoms with Gasteiger partial charge in [-0.3, -0.25) is 67.3 Å². The lowest BCUT2D eigenvalue weighted by molar-refractivity contribution is -0.147. The summed E-state index contributed by atoms with van der Waals surface area (Å²) in [5, 5.41) is 91.2. The molecule has 2 aliphatic heterocycles. The molecule has 2 aliphatic rings. The molecule has 2 fully saturated rings. The van der Waals surface area contributed by atoms with Crippen LogP contribution >= 0.6 is 0 Å². The topological polar surface area (TPSA) is 640 Å². The van der Waals surface area contributed by atoms with Gasteiger partial charge in [0.2, 0.25) is 70.9 Å². The molecule has 3 heterocycles. The fraction of sp³-hybridized carbons (Fsp3) is 0.516. The zero-order valence-electron chi connectivity index (χ0n) is 55.4. The van der Waals surface area contributed by atoms with Crippen molar-refractivity contribution in [3.05, 3.63) is 77.9 Å². The first-order valence-electron chi connectivity index (χ1n) is 32.1. The molecule has 39 nitrogen and oxygen atoms in total. The summed E-state index contributed by atoms with van der Waals surface area (Å²) in [7, 11) is 0. The van der Waals surface area contributed by atoms with Crippen LogP contribution in [-0.2, 0) is 86.4 Å². The fourth-order valence-corrected chi connectivity index (χ4v) is 11.0. The molecule has 0 bridgehead atoms. The number of aliphatic carboxylic acids is 2. The van der Waals surface area contributed by atoms with Gasteiger partial charge in [0.05, 0.1) is 44.0 Å². The van der Waals surface area contributed by atoms with E-state index in [4.69, 9.17) is 22.9 Å². The molecule has 0 saturated carbocycles. The SMILES string of the molecule is C[C@H](NC(=O)[C@H](CC(=O)O)NC(=O)[C@H](Cc1ccc(O)cc1)NC(=O)[C@@H]1CCCN1C(=O)[C@@H](N)Cc1ccc(O)cc1)C(=O)N[C@@H](CC(N)=O)C(=O)N[C@@H](Cc1cnc[nH]1)C(=O)N[C@H](C(=O)N[C@@H](CCCN=C(N)N)C(=O)N[C@@H](CO)C(=O)N1CCC[C@H]1C(=O)N[C@H](C(=O)O)[C@@H](C)O)[C@@H](C)O. The minimum absolute atomic E-state index is 0.00780. The number of likely N-dealkylation sites (tertiary alicyclic amines) is 2. The Morgan fingerprint density at radius 3 is 1.56 bits per heavy atom. The second kappa shape index (κ2) is 38.3. The van der Waals surface area contributed by atoms with Gasteiger partial charge in [0.1, 0.15) is 71.9 Å². The Balaban J connectivity index is 1.30. The van der Waals surface area contributed by atoms with E-state index in [2.05, 4.69) is 62.8 Å². The van der Waals surface area contributed by atoms with E-state index in [-0.39, 0.29) is 87.7 Å². The zero-order chi connectivity index (χ0) is 74.9. The van der Waals surface area contributed by atoms with Gasteiger partial charge in [0.25, 0.3) is 0 Å². The lowest BCUT2D eigenvalue weighted by Gasteiger charge is -2.30. The number of aromatic hydroxyl groups is 2. The van der Waals surface area contributed by atoms with Crippen LogP contribution in [0.3, 0.4) is 0 Å². The lowest BCUT2D eigenvalue weighted by Crippen LogP contribution is -2.62. The average molecular weight is 1420 g/mol. The number of primary amides is 1. The second-order valence-corrected chi connectivity index (χ2v) is 24.3. The van der Waals surface area contributed by atoms with Crippen LogP contribution in [0.4, 0.5) is 0 Å². The van der Waals surface area contributed by atoms with Crippen LogP contribution in [0.15, 0.2) is 66.0 Å².